The standard InChI is InChI=1S/C18H24ClNO3S/c1-3-5-11-20(12-6-4-2)24(21,22)15-9-10-17(19)16(14-15)18-8-7-13-23-18/h7-10,13-14H,3-6,11-12H2,1-2H3. The van der Waals surface area contributed by atoms with E-state index in [4.69, 9.17) is 16.0 Å². The van der Waals surface area contributed by atoms with Gasteiger partial charge in [-0.05, 0) is 43.2 Å². The lowest BCUT2D eigenvalue weighted by molar-refractivity contribution is 0.395. The van der Waals surface area contributed by atoms with Gasteiger partial charge >= 0.3 is 0 Å². The number of sulfonamides is 1. The predicted octanol–water partition coefficient (Wildman–Crippen LogP) is 5.19. The third-order valence-corrected chi connectivity index (χ3v) is 6.11. The monoisotopic (exact) mass is 369 g/mol. The van der Waals surface area contributed by atoms with Crippen LogP contribution in [0.25, 0.3) is 11.3 Å². The van der Waals surface area contributed by atoms with Crippen molar-refractivity contribution in [2.24, 2.45) is 0 Å². The van der Waals surface area contributed by atoms with Crippen molar-refractivity contribution in [2.75, 3.05) is 13.1 Å². The van der Waals surface area contributed by atoms with Crippen LogP contribution in [0, 0.1) is 0 Å². The first kappa shape index (κ1) is 19.0. The Kier molecular flexibility index (Phi) is 6.90. The van der Waals surface area contributed by atoms with Crippen molar-refractivity contribution in [3.63, 3.8) is 0 Å². The zero-order valence-corrected chi connectivity index (χ0v) is 15.7. The second-order valence-electron chi connectivity index (χ2n) is 5.73. The molecular formula is C18H24ClNO3S. The Labute approximate surface area is 149 Å². The highest BCUT2D eigenvalue weighted by Crippen LogP contribution is 2.31. The van der Waals surface area contributed by atoms with Crippen LogP contribution in [0.4, 0.5) is 0 Å². The largest absolute Gasteiger partial charge is 0.464 e. The molecule has 0 spiro atoms. The van der Waals surface area contributed by atoms with E-state index in [2.05, 4.69) is 13.8 Å². The van der Waals surface area contributed by atoms with Crippen LogP contribution in [-0.2, 0) is 10.0 Å². The molecule has 0 fully saturated rings. The highest BCUT2D eigenvalue weighted by molar-refractivity contribution is 7.89. The normalized spacial score (nSPS) is 12.0. The van der Waals surface area contributed by atoms with Gasteiger partial charge in [0.25, 0.3) is 0 Å². The van der Waals surface area contributed by atoms with Crippen molar-refractivity contribution in [3.05, 3.63) is 41.6 Å². The average molecular weight is 370 g/mol. The van der Waals surface area contributed by atoms with Crippen molar-refractivity contribution in [1.29, 1.82) is 0 Å². The molecule has 0 amide bonds. The van der Waals surface area contributed by atoms with Gasteiger partial charge in [-0.2, -0.15) is 4.31 Å². The van der Waals surface area contributed by atoms with Gasteiger partial charge in [0, 0.05) is 18.7 Å². The first-order valence-corrected chi connectivity index (χ1v) is 10.2. The number of furan rings is 1. The zero-order valence-electron chi connectivity index (χ0n) is 14.2. The van der Waals surface area contributed by atoms with Crippen molar-refractivity contribution in [1.82, 2.24) is 4.31 Å². The molecule has 0 unspecified atom stereocenters. The van der Waals surface area contributed by atoms with Gasteiger partial charge in [-0.25, -0.2) is 8.42 Å². The van der Waals surface area contributed by atoms with Crippen molar-refractivity contribution < 1.29 is 12.8 Å². The maximum atomic E-state index is 13.0. The Bertz CT molecular complexity index is 734. The van der Waals surface area contributed by atoms with Crippen LogP contribution >= 0.6 is 11.6 Å². The van der Waals surface area contributed by atoms with E-state index >= 15 is 0 Å². The summed E-state index contributed by atoms with van der Waals surface area (Å²) in [5.41, 5.74) is 0.591. The molecule has 6 heteroatoms. The summed E-state index contributed by atoms with van der Waals surface area (Å²) in [5, 5.41) is 0.470. The highest BCUT2D eigenvalue weighted by Gasteiger charge is 2.24. The molecule has 0 saturated heterocycles. The Morgan fingerprint density at radius 3 is 2.29 bits per heavy atom. The van der Waals surface area contributed by atoms with Crippen LogP contribution in [-0.4, -0.2) is 25.8 Å². The van der Waals surface area contributed by atoms with Gasteiger partial charge in [0.1, 0.15) is 5.76 Å². The number of hydrogen-bond acceptors (Lipinski definition) is 3. The Balaban J connectivity index is 2.38. The summed E-state index contributed by atoms with van der Waals surface area (Å²) < 4.78 is 33.0. The molecule has 4 nitrogen and oxygen atoms in total. The predicted molar refractivity (Wildman–Crippen MR) is 97.7 cm³/mol. The lowest BCUT2D eigenvalue weighted by Gasteiger charge is -2.22. The van der Waals surface area contributed by atoms with Gasteiger partial charge < -0.3 is 4.42 Å². The molecule has 0 radical (unpaired) electrons. The van der Waals surface area contributed by atoms with Crippen molar-refractivity contribution >= 4 is 21.6 Å². The Hall–Kier alpha value is -1.30. The zero-order chi connectivity index (χ0) is 17.6. The van der Waals surface area contributed by atoms with E-state index in [0.29, 0.717) is 29.4 Å². The summed E-state index contributed by atoms with van der Waals surface area (Å²) in [6.07, 6.45) is 5.15. The number of benzene rings is 1. The molecule has 0 aliphatic rings. The summed E-state index contributed by atoms with van der Waals surface area (Å²) >= 11 is 6.22. The first-order valence-electron chi connectivity index (χ1n) is 8.34. The van der Waals surface area contributed by atoms with Crippen LogP contribution in [0.1, 0.15) is 39.5 Å². The maximum absolute atomic E-state index is 13.0. The third kappa shape index (κ3) is 4.41. The molecule has 1 aromatic carbocycles. The molecule has 0 aliphatic carbocycles. The summed E-state index contributed by atoms with van der Waals surface area (Å²) in [4.78, 5) is 0.255. The molecule has 0 atom stereocenters. The van der Waals surface area contributed by atoms with E-state index in [1.165, 1.54) is 0 Å². The molecular weight excluding hydrogens is 346 g/mol. The van der Waals surface area contributed by atoms with Gasteiger partial charge in [-0.3, -0.25) is 0 Å². The first-order chi connectivity index (χ1) is 11.5. The van der Waals surface area contributed by atoms with Crippen LogP contribution < -0.4 is 0 Å². The van der Waals surface area contributed by atoms with Crippen LogP contribution in [0.5, 0.6) is 0 Å². The molecule has 1 aromatic heterocycles. The second-order valence-corrected chi connectivity index (χ2v) is 8.08. The van der Waals surface area contributed by atoms with E-state index < -0.39 is 10.0 Å². The quantitative estimate of drug-likeness (QED) is 0.611. The van der Waals surface area contributed by atoms with E-state index in [1.54, 1.807) is 40.9 Å². The van der Waals surface area contributed by atoms with Crippen LogP contribution in [0.3, 0.4) is 0 Å². The molecule has 2 rings (SSSR count). The minimum atomic E-state index is -3.54. The molecule has 1 heterocycles. The van der Waals surface area contributed by atoms with Crippen LogP contribution in [0.2, 0.25) is 5.02 Å². The smallest absolute Gasteiger partial charge is 0.243 e. The molecule has 0 saturated carbocycles. The number of unbranched alkanes of at least 4 members (excludes halogenated alkanes) is 2. The van der Waals surface area contributed by atoms with Gasteiger partial charge in [0.2, 0.25) is 10.0 Å². The van der Waals surface area contributed by atoms with Gasteiger partial charge in [0.05, 0.1) is 16.2 Å². The Morgan fingerprint density at radius 2 is 1.75 bits per heavy atom. The summed E-state index contributed by atoms with van der Waals surface area (Å²) in [7, 11) is -3.54. The minimum Gasteiger partial charge on any atom is -0.464 e. The lowest BCUT2D eigenvalue weighted by atomic mass is 10.2. The molecule has 0 aliphatic heterocycles. The third-order valence-electron chi connectivity index (χ3n) is 3.88. The van der Waals surface area contributed by atoms with Crippen molar-refractivity contribution in [3.8, 4) is 11.3 Å². The number of halogens is 1. The van der Waals surface area contributed by atoms with Crippen LogP contribution in [0.15, 0.2) is 45.9 Å². The maximum Gasteiger partial charge on any atom is 0.243 e. The summed E-state index contributed by atoms with van der Waals surface area (Å²) in [6, 6.07) is 8.30. The molecule has 2 aromatic rings. The Morgan fingerprint density at radius 1 is 1.08 bits per heavy atom. The molecule has 24 heavy (non-hydrogen) atoms. The van der Waals surface area contributed by atoms with Gasteiger partial charge in [0.15, 0.2) is 0 Å². The average Bonchev–Trinajstić information content (AvgIpc) is 3.09. The molecule has 132 valence electrons. The lowest BCUT2D eigenvalue weighted by Crippen LogP contribution is -2.33. The number of rotatable bonds is 9. The SMILES string of the molecule is CCCCN(CCCC)S(=O)(=O)c1ccc(Cl)c(-c2ccco2)c1. The van der Waals surface area contributed by atoms with Gasteiger partial charge in [-0.1, -0.05) is 38.3 Å². The van der Waals surface area contributed by atoms with E-state index in [9.17, 15) is 8.42 Å². The fraction of sp³-hybridized carbons (Fsp3) is 0.444. The summed E-state index contributed by atoms with van der Waals surface area (Å²) in [6.45, 7) is 5.19. The van der Waals surface area contributed by atoms with E-state index in [0.717, 1.165) is 25.7 Å². The van der Waals surface area contributed by atoms with E-state index in [-0.39, 0.29) is 4.90 Å². The fourth-order valence-corrected chi connectivity index (χ4v) is 4.21. The number of hydrogen-bond donors (Lipinski definition) is 0. The highest BCUT2D eigenvalue weighted by atomic mass is 35.5. The van der Waals surface area contributed by atoms with Gasteiger partial charge in [-0.15, -0.1) is 0 Å². The van der Waals surface area contributed by atoms with E-state index in [1.807, 2.05) is 0 Å². The van der Waals surface area contributed by atoms with Crippen molar-refractivity contribution in [2.45, 2.75) is 44.4 Å². The number of nitrogens with zero attached hydrogens (tertiary/aromatic N) is 1. The fourth-order valence-electron chi connectivity index (χ4n) is 2.46. The molecule has 0 N–H and O–H groups in total. The molecule has 0 bridgehead atoms. The topological polar surface area (TPSA) is 50.5 Å². The second kappa shape index (κ2) is 8.70. The minimum absolute atomic E-state index is 0.255. The summed E-state index contributed by atoms with van der Waals surface area (Å²) in [5.74, 6) is 0.561.